The SMILES string of the molecule is CN(c1cc(Cl)nc(-c2ccccc2)n1)C1CCOC1. The summed E-state index contributed by atoms with van der Waals surface area (Å²) in [5, 5.41) is 0.458. The maximum atomic E-state index is 6.14. The number of likely N-dealkylation sites (N-methyl/N-ethyl adjacent to an activating group) is 1. The Morgan fingerprint density at radius 3 is 2.75 bits per heavy atom. The van der Waals surface area contributed by atoms with E-state index in [4.69, 9.17) is 16.3 Å². The van der Waals surface area contributed by atoms with Gasteiger partial charge in [-0.2, -0.15) is 0 Å². The lowest BCUT2D eigenvalue weighted by molar-refractivity contribution is 0.193. The van der Waals surface area contributed by atoms with Crippen LogP contribution >= 0.6 is 11.6 Å². The van der Waals surface area contributed by atoms with Crippen LogP contribution in [0, 0.1) is 0 Å². The summed E-state index contributed by atoms with van der Waals surface area (Å²) in [6, 6.07) is 12.0. The molecular formula is C15H16ClN3O. The Balaban J connectivity index is 1.94. The summed E-state index contributed by atoms with van der Waals surface area (Å²) >= 11 is 6.14. The highest BCUT2D eigenvalue weighted by Crippen LogP contribution is 2.24. The van der Waals surface area contributed by atoms with E-state index in [0.29, 0.717) is 17.0 Å². The largest absolute Gasteiger partial charge is 0.379 e. The second-order valence-electron chi connectivity index (χ2n) is 4.87. The molecule has 0 spiro atoms. The number of rotatable bonds is 3. The molecular weight excluding hydrogens is 274 g/mol. The van der Waals surface area contributed by atoms with Gasteiger partial charge in [-0.15, -0.1) is 0 Å². The number of aromatic nitrogens is 2. The molecule has 1 fully saturated rings. The topological polar surface area (TPSA) is 38.2 Å². The standard InChI is InChI=1S/C15H16ClN3O/c1-19(12-7-8-20-10-12)14-9-13(16)17-15(18-14)11-5-3-2-4-6-11/h2-6,9,12H,7-8,10H2,1H3. The van der Waals surface area contributed by atoms with Crippen LogP contribution in [0.15, 0.2) is 36.4 Å². The van der Waals surface area contributed by atoms with Crippen LogP contribution in [0.4, 0.5) is 5.82 Å². The normalized spacial score (nSPS) is 18.2. The molecule has 1 aromatic heterocycles. The number of anilines is 1. The van der Waals surface area contributed by atoms with Gasteiger partial charge in [0, 0.05) is 25.3 Å². The van der Waals surface area contributed by atoms with Gasteiger partial charge in [0.05, 0.1) is 12.6 Å². The maximum Gasteiger partial charge on any atom is 0.163 e. The van der Waals surface area contributed by atoms with E-state index in [9.17, 15) is 0 Å². The minimum atomic E-state index is 0.351. The first kappa shape index (κ1) is 13.3. The summed E-state index contributed by atoms with van der Waals surface area (Å²) in [7, 11) is 2.02. The summed E-state index contributed by atoms with van der Waals surface area (Å²) in [4.78, 5) is 11.1. The molecule has 0 N–H and O–H groups in total. The van der Waals surface area contributed by atoms with Crippen LogP contribution in [0.5, 0.6) is 0 Å². The Bertz CT molecular complexity index is 585. The van der Waals surface area contributed by atoms with E-state index in [1.807, 2.05) is 37.4 Å². The zero-order valence-electron chi connectivity index (χ0n) is 11.3. The molecule has 0 saturated carbocycles. The lowest BCUT2D eigenvalue weighted by Crippen LogP contribution is -2.32. The molecule has 0 aliphatic carbocycles. The predicted molar refractivity (Wildman–Crippen MR) is 80.1 cm³/mol. The molecule has 4 nitrogen and oxygen atoms in total. The van der Waals surface area contributed by atoms with Gasteiger partial charge < -0.3 is 9.64 Å². The van der Waals surface area contributed by atoms with E-state index >= 15 is 0 Å². The minimum Gasteiger partial charge on any atom is -0.379 e. The first-order valence-corrected chi connectivity index (χ1v) is 7.02. The van der Waals surface area contributed by atoms with Gasteiger partial charge in [0.1, 0.15) is 11.0 Å². The molecule has 5 heteroatoms. The maximum absolute atomic E-state index is 6.14. The van der Waals surface area contributed by atoms with Crippen LogP contribution < -0.4 is 4.90 Å². The van der Waals surface area contributed by atoms with Gasteiger partial charge in [0.2, 0.25) is 0 Å². The second kappa shape index (κ2) is 5.77. The van der Waals surface area contributed by atoms with Crippen molar-refractivity contribution in [3.05, 3.63) is 41.6 Å². The average molecular weight is 290 g/mol. The molecule has 3 rings (SSSR count). The Morgan fingerprint density at radius 1 is 1.25 bits per heavy atom. The molecule has 1 atom stereocenters. The van der Waals surface area contributed by atoms with Gasteiger partial charge in [-0.05, 0) is 6.42 Å². The molecule has 1 aliphatic rings. The van der Waals surface area contributed by atoms with Crippen LogP contribution in [-0.4, -0.2) is 36.3 Å². The summed E-state index contributed by atoms with van der Waals surface area (Å²) < 4.78 is 5.43. The second-order valence-corrected chi connectivity index (χ2v) is 5.25. The summed E-state index contributed by atoms with van der Waals surface area (Å²) in [6.45, 7) is 1.54. The van der Waals surface area contributed by atoms with Crippen LogP contribution in [0.2, 0.25) is 5.15 Å². The van der Waals surface area contributed by atoms with Gasteiger partial charge in [-0.3, -0.25) is 0 Å². The van der Waals surface area contributed by atoms with E-state index < -0.39 is 0 Å². The fourth-order valence-corrected chi connectivity index (χ4v) is 2.49. The van der Waals surface area contributed by atoms with Crippen molar-refractivity contribution in [2.45, 2.75) is 12.5 Å². The first-order valence-electron chi connectivity index (χ1n) is 6.64. The fourth-order valence-electron chi connectivity index (χ4n) is 2.32. The smallest absolute Gasteiger partial charge is 0.163 e. The third-order valence-corrected chi connectivity index (χ3v) is 3.72. The van der Waals surface area contributed by atoms with Crippen molar-refractivity contribution < 1.29 is 4.74 Å². The zero-order valence-corrected chi connectivity index (χ0v) is 12.0. The number of benzene rings is 1. The van der Waals surface area contributed by atoms with Gasteiger partial charge in [-0.1, -0.05) is 41.9 Å². The Hall–Kier alpha value is -1.65. The van der Waals surface area contributed by atoms with Crippen LogP contribution in [-0.2, 0) is 4.74 Å². The third-order valence-electron chi connectivity index (χ3n) is 3.53. The predicted octanol–water partition coefficient (Wildman–Crippen LogP) is 3.02. The highest BCUT2D eigenvalue weighted by Gasteiger charge is 2.22. The fraction of sp³-hybridized carbons (Fsp3) is 0.333. The number of hydrogen-bond donors (Lipinski definition) is 0. The van der Waals surface area contributed by atoms with Crippen molar-refractivity contribution in [3.63, 3.8) is 0 Å². The zero-order chi connectivity index (χ0) is 13.9. The quantitative estimate of drug-likeness (QED) is 0.814. The van der Waals surface area contributed by atoms with Gasteiger partial charge in [0.25, 0.3) is 0 Å². The number of halogens is 1. The van der Waals surface area contributed by atoms with Crippen molar-refractivity contribution >= 4 is 17.4 Å². The number of hydrogen-bond acceptors (Lipinski definition) is 4. The van der Waals surface area contributed by atoms with Crippen molar-refractivity contribution in [2.75, 3.05) is 25.2 Å². The molecule has 0 bridgehead atoms. The van der Waals surface area contributed by atoms with Gasteiger partial charge >= 0.3 is 0 Å². The highest BCUT2D eigenvalue weighted by molar-refractivity contribution is 6.29. The van der Waals surface area contributed by atoms with E-state index in [1.54, 1.807) is 6.07 Å². The monoisotopic (exact) mass is 289 g/mol. The van der Waals surface area contributed by atoms with Crippen LogP contribution in [0.3, 0.4) is 0 Å². The molecule has 1 unspecified atom stereocenters. The van der Waals surface area contributed by atoms with Crippen molar-refractivity contribution in [2.24, 2.45) is 0 Å². The third kappa shape index (κ3) is 2.76. The minimum absolute atomic E-state index is 0.351. The van der Waals surface area contributed by atoms with E-state index in [0.717, 1.165) is 31.0 Å². The number of nitrogens with zero attached hydrogens (tertiary/aromatic N) is 3. The molecule has 0 amide bonds. The molecule has 104 valence electrons. The molecule has 1 aliphatic heterocycles. The van der Waals surface area contributed by atoms with Gasteiger partial charge in [-0.25, -0.2) is 9.97 Å². The molecule has 0 radical (unpaired) electrons. The van der Waals surface area contributed by atoms with Gasteiger partial charge in [0.15, 0.2) is 5.82 Å². The summed E-state index contributed by atoms with van der Waals surface area (Å²) in [5.41, 5.74) is 0.965. The molecule has 2 heterocycles. The van der Waals surface area contributed by atoms with Crippen LogP contribution in [0.1, 0.15) is 6.42 Å². The molecule has 2 aromatic rings. The van der Waals surface area contributed by atoms with Crippen molar-refractivity contribution in [1.29, 1.82) is 0 Å². The average Bonchev–Trinajstić information content (AvgIpc) is 3.01. The van der Waals surface area contributed by atoms with E-state index in [1.165, 1.54) is 0 Å². The Morgan fingerprint density at radius 2 is 2.05 bits per heavy atom. The first-order chi connectivity index (χ1) is 9.74. The summed E-state index contributed by atoms with van der Waals surface area (Å²) in [6.07, 6.45) is 1.01. The van der Waals surface area contributed by atoms with Crippen molar-refractivity contribution in [3.8, 4) is 11.4 Å². The lowest BCUT2D eigenvalue weighted by atomic mass is 10.2. The van der Waals surface area contributed by atoms with E-state index in [-0.39, 0.29) is 0 Å². The van der Waals surface area contributed by atoms with Crippen LogP contribution in [0.25, 0.3) is 11.4 Å². The molecule has 20 heavy (non-hydrogen) atoms. The highest BCUT2D eigenvalue weighted by atomic mass is 35.5. The Labute approximate surface area is 123 Å². The number of ether oxygens (including phenoxy) is 1. The van der Waals surface area contributed by atoms with Crippen molar-refractivity contribution in [1.82, 2.24) is 9.97 Å². The van der Waals surface area contributed by atoms with E-state index in [2.05, 4.69) is 14.9 Å². The Kier molecular flexibility index (Phi) is 3.85. The lowest BCUT2D eigenvalue weighted by Gasteiger charge is -2.24. The summed E-state index contributed by atoms with van der Waals surface area (Å²) in [5.74, 6) is 1.48. The molecule has 1 saturated heterocycles. The molecule has 1 aromatic carbocycles.